The zero-order chi connectivity index (χ0) is 20.3. The highest BCUT2D eigenvalue weighted by molar-refractivity contribution is 6.16. The first kappa shape index (κ1) is 19.5. The van der Waals surface area contributed by atoms with Crippen molar-refractivity contribution in [3.05, 3.63) is 82.3 Å². The summed E-state index contributed by atoms with van der Waals surface area (Å²) in [6.07, 6.45) is 5.15. The van der Waals surface area contributed by atoms with Crippen LogP contribution in [0, 0.1) is 0 Å². The number of nitrogens with zero attached hydrogens (tertiary/aromatic N) is 2. The van der Waals surface area contributed by atoms with E-state index in [1.807, 2.05) is 36.4 Å². The molecule has 2 aromatic rings. The number of pyridine rings is 1. The van der Waals surface area contributed by atoms with E-state index >= 15 is 0 Å². The summed E-state index contributed by atoms with van der Waals surface area (Å²) >= 11 is 0. The topological polar surface area (TPSA) is 59.5 Å². The minimum absolute atomic E-state index is 0.213. The number of hydrogen-bond donors (Lipinski definition) is 0. The highest BCUT2D eigenvalue weighted by atomic mass is 16.5. The van der Waals surface area contributed by atoms with Crippen molar-refractivity contribution in [1.82, 2.24) is 9.88 Å². The van der Waals surface area contributed by atoms with Crippen molar-refractivity contribution < 1.29 is 14.3 Å². The number of rotatable bonds is 5. The average molecular weight is 376 g/mol. The molecule has 0 saturated carbocycles. The maximum Gasteiger partial charge on any atom is 0.340 e. The van der Waals surface area contributed by atoms with E-state index in [1.54, 1.807) is 30.3 Å². The van der Waals surface area contributed by atoms with Gasteiger partial charge in [-0.1, -0.05) is 44.2 Å². The monoisotopic (exact) mass is 376 g/mol. The zero-order valence-corrected chi connectivity index (χ0v) is 16.6. The lowest BCUT2D eigenvalue weighted by Crippen LogP contribution is -2.24. The van der Waals surface area contributed by atoms with Crippen molar-refractivity contribution in [1.29, 1.82) is 0 Å². The van der Waals surface area contributed by atoms with Crippen molar-refractivity contribution in [2.75, 3.05) is 7.11 Å². The molecule has 2 heterocycles. The smallest absolute Gasteiger partial charge is 0.340 e. The Bertz CT molecular complexity index is 942. The van der Waals surface area contributed by atoms with E-state index < -0.39 is 5.97 Å². The van der Waals surface area contributed by atoms with E-state index in [-0.39, 0.29) is 5.91 Å². The molecule has 0 radical (unpaired) electrons. The zero-order valence-electron chi connectivity index (χ0n) is 16.6. The maximum absolute atomic E-state index is 13.1. The summed E-state index contributed by atoms with van der Waals surface area (Å²) in [4.78, 5) is 31.2. The molecule has 1 aromatic heterocycles. The van der Waals surface area contributed by atoms with Gasteiger partial charge in [0.05, 0.1) is 24.8 Å². The quantitative estimate of drug-likeness (QED) is 0.583. The predicted molar refractivity (Wildman–Crippen MR) is 108 cm³/mol. The minimum atomic E-state index is -0.510. The largest absolute Gasteiger partial charge is 0.465 e. The summed E-state index contributed by atoms with van der Waals surface area (Å²) in [5, 5.41) is 0. The fourth-order valence-electron chi connectivity index (χ4n) is 3.24. The van der Waals surface area contributed by atoms with Crippen molar-refractivity contribution >= 4 is 18.0 Å². The molecule has 0 N–H and O–H groups in total. The normalized spacial score (nSPS) is 15.7. The van der Waals surface area contributed by atoms with E-state index in [1.165, 1.54) is 12.7 Å². The van der Waals surface area contributed by atoms with Gasteiger partial charge < -0.3 is 9.64 Å². The van der Waals surface area contributed by atoms with Gasteiger partial charge in [-0.2, -0.15) is 0 Å². The van der Waals surface area contributed by atoms with Crippen molar-refractivity contribution in [2.24, 2.45) is 0 Å². The fourth-order valence-corrected chi connectivity index (χ4v) is 3.24. The number of aromatic nitrogens is 1. The molecule has 0 aliphatic carbocycles. The second kappa shape index (κ2) is 8.21. The van der Waals surface area contributed by atoms with Crippen molar-refractivity contribution in [3.8, 4) is 0 Å². The molecule has 0 saturated heterocycles. The van der Waals surface area contributed by atoms with Gasteiger partial charge in [-0.15, -0.1) is 0 Å². The van der Waals surface area contributed by atoms with Gasteiger partial charge in [-0.3, -0.25) is 9.78 Å². The van der Waals surface area contributed by atoms with Gasteiger partial charge in [0.15, 0.2) is 0 Å². The molecule has 1 aliphatic rings. The van der Waals surface area contributed by atoms with Crippen LogP contribution in [0.25, 0.3) is 6.08 Å². The molecule has 144 valence electrons. The minimum Gasteiger partial charge on any atom is -0.465 e. The Morgan fingerprint density at radius 2 is 1.93 bits per heavy atom. The Kier molecular flexibility index (Phi) is 5.73. The number of benzene rings is 1. The highest BCUT2D eigenvalue weighted by Crippen LogP contribution is 2.33. The summed E-state index contributed by atoms with van der Waals surface area (Å²) in [6.45, 7) is 6.38. The second-order valence-electron chi connectivity index (χ2n) is 7.08. The fraction of sp³-hybridized carbons (Fsp3) is 0.261. The van der Waals surface area contributed by atoms with Gasteiger partial charge in [-0.25, -0.2) is 4.79 Å². The Morgan fingerprint density at radius 1 is 1.21 bits per heavy atom. The molecule has 5 nitrogen and oxygen atoms in total. The van der Waals surface area contributed by atoms with Gasteiger partial charge in [0.2, 0.25) is 0 Å². The van der Waals surface area contributed by atoms with Crippen LogP contribution in [0.15, 0.2) is 65.6 Å². The van der Waals surface area contributed by atoms with Crippen LogP contribution in [-0.2, 0) is 20.9 Å². The van der Waals surface area contributed by atoms with Crippen LogP contribution in [0.3, 0.4) is 0 Å². The van der Waals surface area contributed by atoms with Crippen LogP contribution < -0.4 is 0 Å². The predicted octanol–water partition coefficient (Wildman–Crippen LogP) is 4.08. The number of methoxy groups -OCH3 is 1. The van der Waals surface area contributed by atoms with Crippen LogP contribution >= 0.6 is 0 Å². The molecule has 0 unspecified atom stereocenters. The van der Waals surface area contributed by atoms with Gasteiger partial charge in [0.25, 0.3) is 5.91 Å². The van der Waals surface area contributed by atoms with Gasteiger partial charge in [-0.05, 0) is 41.7 Å². The first-order valence-electron chi connectivity index (χ1n) is 9.24. The first-order chi connectivity index (χ1) is 13.4. The molecule has 0 spiro atoms. The lowest BCUT2D eigenvalue weighted by Gasteiger charge is -2.17. The van der Waals surface area contributed by atoms with E-state index in [0.717, 1.165) is 11.1 Å². The summed E-state index contributed by atoms with van der Waals surface area (Å²) in [5.41, 5.74) is 4.23. The van der Waals surface area contributed by atoms with Crippen molar-refractivity contribution in [3.63, 3.8) is 0 Å². The maximum atomic E-state index is 13.1. The molecule has 28 heavy (non-hydrogen) atoms. The Morgan fingerprint density at radius 3 is 2.50 bits per heavy atom. The molecule has 5 heteroatoms. The molecule has 1 amide bonds. The SMILES string of the molecule is COC(=O)C1=C(C)N(Cc2cccnc2)C(=O)/C1=C\c1ccc(C(C)C)cc1. The molecule has 1 aromatic carbocycles. The van der Waals surface area contributed by atoms with E-state index in [0.29, 0.717) is 29.3 Å². The molecular formula is C23H24N2O3. The van der Waals surface area contributed by atoms with Crippen LogP contribution in [0.5, 0.6) is 0 Å². The lowest BCUT2D eigenvalue weighted by atomic mass is 9.99. The summed E-state index contributed by atoms with van der Waals surface area (Å²) in [6, 6.07) is 11.7. The number of carbonyl (C=O) groups excluding carboxylic acids is 2. The molecular weight excluding hydrogens is 352 g/mol. The standard InChI is InChI=1S/C23H24N2O3/c1-15(2)19-9-7-17(8-10-19)12-20-21(23(27)28-4)16(3)25(22(20)26)14-18-6-5-11-24-13-18/h5-13,15H,14H2,1-4H3/b20-12-. The van der Waals surface area contributed by atoms with E-state index in [4.69, 9.17) is 4.74 Å². The van der Waals surface area contributed by atoms with Gasteiger partial charge in [0, 0.05) is 18.1 Å². The Balaban J connectivity index is 1.99. The molecule has 0 bridgehead atoms. The molecule has 0 atom stereocenters. The Labute approximate surface area is 165 Å². The summed E-state index contributed by atoms with van der Waals surface area (Å²) < 4.78 is 4.94. The van der Waals surface area contributed by atoms with Crippen LogP contribution in [0.1, 0.15) is 43.4 Å². The highest BCUT2D eigenvalue weighted by Gasteiger charge is 2.36. The number of allylic oxidation sites excluding steroid dienone is 1. The number of ether oxygens (including phenoxy) is 1. The number of carbonyl (C=O) groups is 2. The third-order valence-corrected chi connectivity index (χ3v) is 4.88. The number of amides is 1. The molecule has 3 rings (SSSR count). The lowest BCUT2D eigenvalue weighted by molar-refractivity contribution is -0.136. The number of hydrogen-bond acceptors (Lipinski definition) is 4. The third kappa shape index (κ3) is 3.88. The first-order valence-corrected chi connectivity index (χ1v) is 9.24. The van der Waals surface area contributed by atoms with Crippen LogP contribution in [-0.4, -0.2) is 28.9 Å². The van der Waals surface area contributed by atoms with Crippen LogP contribution in [0.4, 0.5) is 0 Å². The summed E-state index contributed by atoms with van der Waals surface area (Å²) in [5.74, 6) is -0.295. The van der Waals surface area contributed by atoms with E-state index in [9.17, 15) is 9.59 Å². The van der Waals surface area contributed by atoms with E-state index in [2.05, 4.69) is 18.8 Å². The van der Waals surface area contributed by atoms with Gasteiger partial charge >= 0.3 is 5.97 Å². The van der Waals surface area contributed by atoms with Crippen molar-refractivity contribution in [2.45, 2.75) is 33.2 Å². The van der Waals surface area contributed by atoms with Gasteiger partial charge in [0.1, 0.15) is 0 Å². The molecule has 1 aliphatic heterocycles. The average Bonchev–Trinajstić information content (AvgIpc) is 2.93. The number of esters is 1. The summed E-state index contributed by atoms with van der Waals surface area (Å²) in [7, 11) is 1.33. The van der Waals surface area contributed by atoms with Crippen LogP contribution in [0.2, 0.25) is 0 Å². The Hall–Kier alpha value is -3.21. The second-order valence-corrected chi connectivity index (χ2v) is 7.08. The molecule has 0 fully saturated rings. The third-order valence-electron chi connectivity index (χ3n) is 4.88.